The summed E-state index contributed by atoms with van der Waals surface area (Å²) in [6.45, 7) is 9.12. The normalized spacial score (nSPS) is 13.4. The molecule has 1 nitrogen and oxygen atoms in total. The first-order chi connectivity index (χ1) is 7.52. The summed E-state index contributed by atoms with van der Waals surface area (Å²) in [5.41, 5.74) is 0. The van der Waals surface area contributed by atoms with Gasteiger partial charge in [0.15, 0.2) is 8.32 Å². The zero-order valence-electron chi connectivity index (χ0n) is 11.5. The predicted molar refractivity (Wildman–Crippen MR) is 75.0 cm³/mol. The second-order valence-corrected chi connectivity index (χ2v) is 9.50. The highest BCUT2D eigenvalue weighted by molar-refractivity contribution is 6.71. The summed E-state index contributed by atoms with van der Waals surface area (Å²) in [6, 6.07) is 1.29. The minimum absolute atomic E-state index is 0.413. The van der Waals surface area contributed by atoms with Crippen molar-refractivity contribution < 1.29 is 4.43 Å². The van der Waals surface area contributed by atoms with Gasteiger partial charge in [0, 0.05) is 12.5 Å². The van der Waals surface area contributed by atoms with Crippen molar-refractivity contribution in [3.8, 4) is 12.3 Å². The van der Waals surface area contributed by atoms with Crippen LogP contribution in [-0.4, -0.2) is 14.4 Å². The molecule has 0 aliphatic rings. The molecule has 0 saturated heterocycles. The van der Waals surface area contributed by atoms with Gasteiger partial charge in [-0.3, -0.25) is 0 Å². The zero-order chi connectivity index (χ0) is 12.4. The van der Waals surface area contributed by atoms with Crippen LogP contribution in [0, 0.1) is 12.3 Å². The van der Waals surface area contributed by atoms with E-state index < -0.39 is 8.32 Å². The molecule has 0 aliphatic heterocycles. The lowest BCUT2D eigenvalue weighted by Crippen LogP contribution is -2.34. The van der Waals surface area contributed by atoms with Crippen molar-refractivity contribution in [1.29, 1.82) is 0 Å². The molecule has 0 aromatic carbocycles. The molecule has 1 atom stereocenters. The van der Waals surface area contributed by atoms with Gasteiger partial charge < -0.3 is 4.43 Å². The van der Waals surface area contributed by atoms with Crippen LogP contribution < -0.4 is 0 Å². The van der Waals surface area contributed by atoms with Crippen LogP contribution in [0.25, 0.3) is 0 Å². The second-order valence-electron chi connectivity index (χ2n) is 5.24. The summed E-state index contributed by atoms with van der Waals surface area (Å²) in [5, 5.41) is 0. The standard InChI is InChI=1S/C14H28OSi/c1-6-8-10-11-12-14(3)15-16(4,5)13-9-7-2/h1,14H,7-13H2,2-5H3. The molecule has 0 N–H and O–H groups in total. The highest BCUT2D eigenvalue weighted by atomic mass is 28.4. The lowest BCUT2D eigenvalue weighted by molar-refractivity contribution is 0.196. The van der Waals surface area contributed by atoms with Gasteiger partial charge in [-0.2, -0.15) is 0 Å². The van der Waals surface area contributed by atoms with Crippen molar-refractivity contribution in [3.05, 3.63) is 0 Å². The Bertz CT molecular complexity index is 205. The Morgan fingerprint density at radius 2 is 1.94 bits per heavy atom. The van der Waals surface area contributed by atoms with Gasteiger partial charge in [-0.25, -0.2) is 0 Å². The van der Waals surface area contributed by atoms with E-state index in [0.29, 0.717) is 6.10 Å². The Morgan fingerprint density at radius 3 is 2.50 bits per heavy atom. The maximum atomic E-state index is 6.21. The highest BCUT2D eigenvalue weighted by Gasteiger charge is 2.23. The molecule has 0 saturated carbocycles. The average Bonchev–Trinajstić information content (AvgIpc) is 2.21. The molecule has 0 spiro atoms. The first kappa shape index (κ1) is 15.7. The first-order valence-electron chi connectivity index (χ1n) is 6.63. The van der Waals surface area contributed by atoms with Crippen LogP contribution in [0.1, 0.15) is 52.4 Å². The number of unbranched alkanes of at least 4 members (excludes halogenated alkanes) is 3. The van der Waals surface area contributed by atoms with E-state index in [-0.39, 0.29) is 0 Å². The molecule has 0 aromatic rings. The smallest absolute Gasteiger partial charge is 0.187 e. The Labute approximate surface area is 103 Å². The molecule has 0 bridgehead atoms. The summed E-state index contributed by atoms with van der Waals surface area (Å²) in [4.78, 5) is 0. The van der Waals surface area contributed by atoms with E-state index in [9.17, 15) is 0 Å². The van der Waals surface area contributed by atoms with Gasteiger partial charge >= 0.3 is 0 Å². The maximum Gasteiger partial charge on any atom is 0.187 e. The number of hydrogen-bond acceptors (Lipinski definition) is 1. The van der Waals surface area contributed by atoms with Crippen LogP contribution in [0.5, 0.6) is 0 Å². The average molecular weight is 240 g/mol. The quantitative estimate of drug-likeness (QED) is 0.325. The topological polar surface area (TPSA) is 9.23 Å². The van der Waals surface area contributed by atoms with Crippen molar-refractivity contribution in [3.63, 3.8) is 0 Å². The van der Waals surface area contributed by atoms with E-state index in [0.717, 1.165) is 19.3 Å². The minimum Gasteiger partial charge on any atom is -0.415 e. The summed E-state index contributed by atoms with van der Waals surface area (Å²) in [6.07, 6.45) is 12.6. The molecule has 1 unspecified atom stereocenters. The lowest BCUT2D eigenvalue weighted by atomic mass is 10.1. The largest absolute Gasteiger partial charge is 0.415 e. The van der Waals surface area contributed by atoms with Gasteiger partial charge in [0.25, 0.3) is 0 Å². The van der Waals surface area contributed by atoms with E-state index in [2.05, 4.69) is 32.9 Å². The monoisotopic (exact) mass is 240 g/mol. The van der Waals surface area contributed by atoms with Crippen molar-refractivity contribution in [2.24, 2.45) is 0 Å². The molecule has 0 amide bonds. The van der Waals surface area contributed by atoms with Crippen molar-refractivity contribution in [2.75, 3.05) is 0 Å². The van der Waals surface area contributed by atoms with Gasteiger partial charge in [0.05, 0.1) is 0 Å². The fourth-order valence-electron chi connectivity index (χ4n) is 1.92. The molecule has 2 heteroatoms. The fourth-order valence-corrected chi connectivity index (χ4v) is 4.45. The third-order valence-electron chi connectivity index (χ3n) is 2.83. The first-order valence-corrected chi connectivity index (χ1v) is 9.74. The molecule has 0 aliphatic carbocycles. The molecule has 0 fully saturated rings. The van der Waals surface area contributed by atoms with Crippen molar-refractivity contribution in [2.45, 2.75) is 77.6 Å². The molecular formula is C14H28OSi. The Kier molecular flexibility index (Phi) is 8.69. The second kappa shape index (κ2) is 8.84. The molecule has 16 heavy (non-hydrogen) atoms. The number of rotatable bonds is 9. The van der Waals surface area contributed by atoms with E-state index in [1.165, 1.54) is 25.3 Å². The zero-order valence-corrected chi connectivity index (χ0v) is 12.5. The molecule has 0 rings (SSSR count). The van der Waals surface area contributed by atoms with Crippen LogP contribution in [0.15, 0.2) is 0 Å². The van der Waals surface area contributed by atoms with Gasteiger partial charge in [-0.15, -0.1) is 12.3 Å². The van der Waals surface area contributed by atoms with Gasteiger partial charge in [-0.05, 0) is 45.3 Å². The Morgan fingerprint density at radius 1 is 1.25 bits per heavy atom. The maximum absolute atomic E-state index is 6.21. The van der Waals surface area contributed by atoms with Crippen molar-refractivity contribution in [1.82, 2.24) is 0 Å². The van der Waals surface area contributed by atoms with Crippen molar-refractivity contribution >= 4 is 8.32 Å². The van der Waals surface area contributed by atoms with Crippen LogP contribution in [-0.2, 0) is 4.43 Å². The van der Waals surface area contributed by atoms with Gasteiger partial charge in [0.1, 0.15) is 0 Å². The molecule has 94 valence electrons. The molecule has 0 heterocycles. The Hall–Kier alpha value is -0.263. The fraction of sp³-hybridized carbons (Fsp3) is 0.857. The van der Waals surface area contributed by atoms with Gasteiger partial charge in [0.2, 0.25) is 0 Å². The summed E-state index contributed by atoms with van der Waals surface area (Å²) in [5.74, 6) is 2.69. The van der Waals surface area contributed by atoms with Crippen LogP contribution in [0.4, 0.5) is 0 Å². The summed E-state index contributed by atoms with van der Waals surface area (Å²) >= 11 is 0. The Balaban J connectivity index is 3.67. The SMILES string of the molecule is C#CCCCCC(C)O[Si](C)(C)CCCC. The molecule has 0 aromatic heterocycles. The van der Waals surface area contributed by atoms with Gasteiger partial charge in [-0.1, -0.05) is 19.8 Å². The highest BCUT2D eigenvalue weighted by Crippen LogP contribution is 2.19. The van der Waals surface area contributed by atoms with E-state index >= 15 is 0 Å². The summed E-state index contributed by atoms with van der Waals surface area (Å²) in [7, 11) is -1.40. The minimum atomic E-state index is -1.40. The number of terminal acetylenes is 1. The summed E-state index contributed by atoms with van der Waals surface area (Å²) < 4.78 is 6.21. The molecule has 0 radical (unpaired) electrons. The van der Waals surface area contributed by atoms with Crippen LogP contribution >= 0.6 is 0 Å². The number of hydrogen-bond donors (Lipinski definition) is 0. The third kappa shape index (κ3) is 9.00. The van der Waals surface area contributed by atoms with E-state index in [1.807, 2.05) is 0 Å². The molecular weight excluding hydrogens is 212 g/mol. The van der Waals surface area contributed by atoms with E-state index in [1.54, 1.807) is 0 Å². The van der Waals surface area contributed by atoms with Crippen LogP contribution in [0.2, 0.25) is 19.1 Å². The lowest BCUT2D eigenvalue weighted by Gasteiger charge is -2.27. The van der Waals surface area contributed by atoms with E-state index in [4.69, 9.17) is 10.8 Å². The predicted octanol–water partition coefficient (Wildman–Crippen LogP) is 4.59. The third-order valence-corrected chi connectivity index (χ3v) is 5.43. The van der Waals surface area contributed by atoms with Crippen LogP contribution in [0.3, 0.4) is 0 Å².